The molecular weight excluding hydrogens is 394 g/mol. The van der Waals surface area contributed by atoms with Gasteiger partial charge >= 0.3 is 5.69 Å². The number of amides is 1. The summed E-state index contributed by atoms with van der Waals surface area (Å²) in [6, 6.07) is 11.3. The van der Waals surface area contributed by atoms with Gasteiger partial charge in [-0.1, -0.05) is 24.6 Å². The Kier molecular flexibility index (Phi) is 6.08. The highest BCUT2D eigenvalue weighted by Crippen LogP contribution is 2.18. The van der Waals surface area contributed by atoms with Crippen molar-refractivity contribution in [1.29, 1.82) is 0 Å². The minimum atomic E-state index is -0.627. The minimum absolute atomic E-state index is 0.0302. The largest absolute Gasteiger partial charge is 0.497 e. The lowest BCUT2D eigenvalue weighted by atomic mass is 10.2. The minimum Gasteiger partial charge on any atom is -0.497 e. The van der Waals surface area contributed by atoms with Crippen LogP contribution in [0, 0.1) is 0 Å². The molecule has 1 amide bonds. The molecule has 0 aliphatic rings. The van der Waals surface area contributed by atoms with Crippen LogP contribution >= 0.6 is 11.6 Å². The lowest BCUT2D eigenvalue weighted by Crippen LogP contribution is -2.43. The van der Waals surface area contributed by atoms with Gasteiger partial charge in [-0.05, 0) is 43.7 Å². The van der Waals surface area contributed by atoms with Crippen molar-refractivity contribution in [3.63, 3.8) is 0 Å². The molecule has 1 aromatic heterocycles. The Balaban J connectivity index is 2.26. The molecule has 1 atom stereocenters. The van der Waals surface area contributed by atoms with E-state index in [1.54, 1.807) is 36.4 Å². The van der Waals surface area contributed by atoms with Gasteiger partial charge in [0.15, 0.2) is 0 Å². The number of hydrogen-bond donors (Lipinski definition) is 1. The molecule has 0 unspecified atom stereocenters. The first-order chi connectivity index (χ1) is 13.8. The predicted octanol–water partition coefficient (Wildman–Crippen LogP) is 2.73. The number of carbonyl (C=O) groups excluding carboxylic acids is 1. The Bertz CT molecular complexity index is 1180. The molecule has 3 aromatic rings. The fourth-order valence-electron chi connectivity index (χ4n) is 3.04. The molecule has 3 rings (SSSR count). The standard InChI is InChI=1S/C21H22ClN3O4/c1-4-13(2)23-19(26)12-24-18-10-14(22)8-9-17(18)20(27)25(21(24)28)15-6-5-7-16(11-15)29-3/h5-11,13H,4,12H2,1-3H3,(H,23,26)/t13-/m0/s1. The summed E-state index contributed by atoms with van der Waals surface area (Å²) in [6.45, 7) is 3.60. The third-order valence-corrected chi connectivity index (χ3v) is 4.97. The van der Waals surface area contributed by atoms with Crippen LogP contribution in [0.4, 0.5) is 0 Å². The topological polar surface area (TPSA) is 82.3 Å². The molecule has 0 saturated heterocycles. The van der Waals surface area contributed by atoms with E-state index in [2.05, 4.69) is 5.32 Å². The lowest BCUT2D eigenvalue weighted by molar-refractivity contribution is -0.122. The van der Waals surface area contributed by atoms with Crippen molar-refractivity contribution in [3.8, 4) is 11.4 Å². The summed E-state index contributed by atoms with van der Waals surface area (Å²) in [7, 11) is 1.50. The summed E-state index contributed by atoms with van der Waals surface area (Å²) >= 11 is 6.09. The molecule has 152 valence electrons. The van der Waals surface area contributed by atoms with E-state index in [4.69, 9.17) is 16.3 Å². The number of ether oxygens (including phenoxy) is 1. The molecular formula is C21H22ClN3O4. The lowest BCUT2D eigenvalue weighted by Gasteiger charge is -2.16. The summed E-state index contributed by atoms with van der Waals surface area (Å²) in [5.74, 6) is 0.185. The van der Waals surface area contributed by atoms with Crippen molar-refractivity contribution >= 4 is 28.4 Å². The number of halogens is 1. The zero-order valence-corrected chi connectivity index (χ0v) is 17.2. The number of fused-ring (bicyclic) bond motifs is 1. The first kappa shape index (κ1) is 20.7. The smallest absolute Gasteiger partial charge is 0.336 e. The molecule has 0 fully saturated rings. The average molecular weight is 416 g/mol. The highest BCUT2D eigenvalue weighted by molar-refractivity contribution is 6.31. The Hall–Kier alpha value is -3.06. The molecule has 1 N–H and O–H groups in total. The maximum atomic E-state index is 13.3. The summed E-state index contributed by atoms with van der Waals surface area (Å²) in [5, 5.41) is 3.49. The van der Waals surface area contributed by atoms with E-state index >= 15 is 0 Å². The maximum Gasteiger partial charge on any atom is 0.336 e. The van der Waals surface area contributed by atoms with E-state index in [0.717, 1.165) is 11.0 Å². The van der Waals surface area contributed by atoms with Gasteiger partial charge < -0.3 is 10.1 Å². The fraction of sp³-hybridized carbons (Fsp3) is 0.286. The molecule has 0 radical (unpaired) electrons. The monoisotopic (exact) mass is 415 g/mol. The summed E-state index contributed by atoms with van der Waals surface area (Å²) in [4.78, 5) is 38.8. The van der Waals surface area contributed by atoms with E-state index in [9.17, 15) is 14.4 Å². The van der Waals surface area contributed by atoms with Crippen LogP contribution in [0.25, 0.3) is 16.6 Å². The number of carbonyl (C=O) groups is 1. The molecule has 0 aliphatic heterocycles. The molecule has 29 heavy (non-hydrogen) atoms. The van der Waals surface area contributed by atoms with Crippen LogP contribution in [0.15, 0.2) is 52.1 Å². The van der Waals surface area contributed by atoms with Crippen LogP contribution in [0.2, 0.25) is 5.02 Å². The summed E-state index contributed by atoms with van der Waals surface area (Å²) < 4.78 is 7.51. The highest BCUT2D eigenvalue weighted by atomic mass is 35.5. The van der Waals surface area contributed by atoms with Gasteiger partial charge in [0.1, 0.15) is 12.3 Å². The fourth-order valence-corrected chi connectivity index (χ4v) is 3.20. The molecule has 2 aromatic carbocycles. The quantitative estimate of drug-likeness (QED) is 0.671. The molecule has 0 aliphatic carbocycles. The Morgan fingerprint density at radius 1 is 1.21 bits per heavy atom. The van der Waals surface area contributed by atoms with Crippen LogP contribution in [-0.4, -0.2) is 28.2 Å². The second kappa shape index (κ2) is 8.53. The van der Waals surface area contributed by atoms with E-state index < -0.39 is 11.2 Å². The van der Waals surface area contributed by atoms with Crippen molar-refractivity contribution in [2.45, 2.75) is 32.9 Å². The van der Waals surface area contributed by atoms with Gasteiger partial charge in [-0.15, -0.1) is 0 Å². The van der Waals surface area contributed by atoms with Gasteiger partial charge in [0, 0.05) is 17.1 Å². The van der Waals surface area contributed by atoms with Gasteiger partial charge in [-0.2, -0.15) is 0 Å². The van der Waals surface area contributed by atoms with Crippen molar-refractivity contribution in [3.05, 3.63) is 68.3 Å². The first-order valence-electron chi connectivity index (χ1n) is 9.24. The van der Waals surface area contributed by atoms with Crippen LogP contribution in [0.3, 0.4) is 0 Å². The van der Waals surface area contributed by atoms with Crippen molar-refractivity contribution in [2.75, 3.05) is 7.11 Å². The number of nitrogens with one attached hydrogen (secondary N) is 1. The molecule has 0 spiro atoms. The number of nitrogens with zero attached hydrogens (tertiary/aromatic N) is 2. The summed E-state index contributed by atoms with van der Waals surface area (Å²) in [5.41, 5.74) is -0.455. The van der Waals surface area contributed by atoms with Gasteiger partial charge in [0.25, 0.3) is 5.56 Å². The third kappa shape index (κ3) is 4.19. The van der Waals surface area contributed by atoms with E-state index in [0.29, 0.717) is 22.0 Å². The van der Waals surface area contributed by atoms with Gasteiger partial charge in [0.05, 0.1) is 23.7 Å². The second-order valence-corrected chi connectivity index (χ2v) is 7.19. The number of aromatic nitrogens is 2. The molecule has 0 saturated carbocycles. The molecule has 0 bridgehead atoms. The number of benzene rings is 2. The second-order valence-electron chi connectivity index (χ2n) is 6.75. The first-order valence-corrected chi connectivity index (χ1v) is 9.62. The van der Waals surface area contributed by atoms with Crippen molar-refractivity contribution in [2.24, 2.45) is 0 Å². The van der Waals surface area contributed by atoms with Crippen molar-refractivity contribution < 1.29 is 9.53 Å². The highest BCUT2D eigenvalue weighted by Gasteiger charge is 2.18. The Morgan fingerprint density at radius 3 is 2.66 bits per heavy atom. The third-order valence-electron chi connectivity index (χ3n) is 4.74. The maximum absolute atomic E-state index is 13.3. The van der Waals surface area contributed by atoms with Crippen LogP contribution in [0.5, 0.6) is 5.75 Å². The average Bonchev–Trinajstić information content (AvgIpc) is 2.71. The van der Waals surface area contributed by atoms with Crippen LogP contribution in [-0.2, 0) is 11.3 Å². The van der Waals surface area contributed by atoms with Crippen LogP contribution < -0.4 is 21.3 Å². The zero-order chi connectivity index (χ0) is 21.1. The SMILES string of the molecule is CC[C@H](C)NC(=O)Cn1c(=O)n(-c2cccc(OC)c2)c(=O)c2ccc(Cl)cc21. The predicted molar refractivity (Wildman–Crippen MR) is 113 cm³/mol. The van der Waals surface area contributed by atoms with E-state index in [-0.39, 0.29) is 23.9 Å². The zero-order valence-electron chi connectivity index (χ0n) is 16.4. The molecule has 1 heterocycles. The van der Waals surface area contributed by atoms with Gasteiger partial charge in [0.2, 0.25) is 5.91 Å². The van der Waals surface area contributed by atoms with Crippen LogP contribution in [0.1, 0.15) is 20.3 Å². The Morgan fingerprint density at radius 2 is 1.97 bits per heavy atom. The van der Waals surface area contributed by atoms with E-state index in [1.165, 1.54) is 17.7 Å². The van der Waals surface area contributed by atoms with Gasteiger partial charge in [-0.25, -0.2) is 9.36 Å². The number of rotatable bonds is 6. The number of methoxy groups -OCH3 is 1. The normalized spacial score (nSPS) is 12.0. The number of hydrogen-bond acceptors (Lipinski definition) is 4. The Labute approximate surface area is 172 Å². The summed E-state index contributed by atoms with van der Waals surface area (Å²) in [6.07, 6.45) is 0.760. The van der Waals surface area contributed by atoms with Crippen molar-refractivity contribution in [1.82, 2.24) is 14.5 Å². The molecule has 8 heteroatoms. The van der Waals surface area contributed by atoms with E-state index in [1.807, 2.05) is 13.8 Å². The molecule has 7 nitrogen and oxygen atoms in total. The van der Waals surface area contributed by atoms with Gasteiger partial charge in [-0.3, -0.25) is 14.2 Å².